The normalized spacial score (nSPS) is 18.9. The fourth-order valence-corrected chi connectivity index (χ4v) is 2.43. The van der Waals surface area contributed by atoms with Crippen LogP contribution in [0.3, 0.4) is 0 Å². The van der Waals surface area contributed by atoms with E-state index in [1.807, 2.05) is 17.9 Å². The summed E-state index contributed by atoms with van der Waals surface area (Å²) < 4.78 is 0. The Balaban J connectivity index is 1.92. The minimum Gasteiger partial charge on any atom is -0.337 e. The van der Waals surface area contributed by atoms with E-state index in [0.717, 1.165) is 25.2 Å². The van der Waals surface area contributed by atoms with Gasteiger partial charge in [-0.2, -0.15) is 0 Å². The van der Waals surface area contributed by atoms with E-state index in [-0.39, 0.29) is 17.6 Å². The number of carbonyl (C=O) groups excluding carboxylic acids is 1. The minimum absolute atomic E-state index is 0.0745. The van der Waals surface area contributed by atoms with Crippen LogP contribution < -0.4 is 5.32 Å². The van der Waals surface area contributed by atoms with Crippen molar-refractivity contribution in [2.75, 3.05) is 19.6 Å². The van der Waals surface area contributed by atoms with Crippen LogP contribution in [0.5, 0.6) is 0 Å². The van der Waals surface area contributed by atoms with E-state index >= 15 is 0 Å². The number of amides is 1. The number of rotatable bonds is 4. The van der Waals surface area contributed by atoms with Crippen LogP contribution >= 0.6 is 0 Å². The zero-order valence-corrected chi connectivity index (χ0v) is 11.5. The van der Waals surface area contributed by atoms with Gasteiger partial charge in [0.1, 0.15) is 0 Å². The Kier molecular flexibility index (Phi) is 4.68. The number of aryl methyl sites for hydroxylation is 1. The van der Waals surface area contributed by atoms with Crippen molar-refractivity contribution in [3.63, 3.8) is 0 Å². The Bertz CT molecular complexity index is 504. The molecule has 1 heterocycles. The van der Waals surface area contributed by atoms with Crippen LogP contribution in [0.25, 0.3) is 0 Å². The van der Waals surface area contributed by atoms with Gasteiger partial charge in [0.05, 0.1) is 4.92 Å². The number of hydrogen-bond donors (Lipinski definition) is 1. The van der Waals surface area contributed by atoms with Gasteiger partial charge < -0.3 is 10.2 Å². The predicted molar refractivity (Wildman–Crippen MR) is 75.5 cm³/mol. The smallest absolute Gasteiger partial charge is 0.269 e. The molecule has 1 saturated heterocycles. The number of hydrogen-bond acceptors (Lipinski definition) is 4. The first-order valence-electron chi connectivity index (χ1n) is 6.81. The molecule has 1 N–H and O–H groups in total. The molecule has 6 nitrogen and oxygen atoms in total. The van der Waals surface area contributed by atoms with Crippen LogP contribution in [0, 0.1) is 10.1 Å². The van der Waals surface area contributed by atoms with Gasteiger partial charge in [0.15, 0.2) is 0 Å². The summed E-state index contributed by atoms with van der Waals surface area (Å²) in [5.41, 5.74) is 0.904. The molecular weight excluding hydrogens is 258 g/mol. The highest BCUT2D eigenvalue weighted by atomic mass is 16.6. The Morgan fingerprint density at radius 3 is 3.05 bits per heavy atom. The number of nitro groups is 1. The molecule has 1 fully saturated rings. The summed E-state index contributed by atoms with van der Waals surface area (Å²) in [6, 6.07) is 6.69. The topological polar surface area (TPSA) is 75.5 Å². The Morgan fingerprint density at radius 2 is 2.35 bits per heavy atom. The number of nitrogens with zero attached hydrogens (tertiary/aromatic N) is 2. The average molecular weight is 277 g/mol. The molecule has 1 unspecified atom stereocenters. The largest absolute Gasteiger partial charge is 0.337 e. The van der Waals surface area contributed by atoms with Crippen molar-refractivity contribution in [1.29, 1.82) is 0 Å². The molecule has 0 spiro atoms. The molecule has 0 radical (unpaired) electrons. The third-order valence-electron chi connectivity index (χ3n) is 3.57. The van der Waals surface area contributed by atoms with Crippen molar-refractivity contribution in [2.24, 2.45) is 0 Å². The summed E-state index contributed by atoms with van der Waals surface area (Å²) in [5, 5.41) is 13.9. The maximum absolute atomic E-state index is 12.2. The van der Waals surface area contributed by atoms with Gasteiger partial charge in [0.2, 0.25) is 5.91 Å². The number of non-ortho nitro benzene ring substituents is 1. The quantitative estimate of drug-likeness (QED) is 0.666. The van der Waals surface area contributed by atoms with Crippen molar-refractivity contribution < 1.29 is 9.72 Å². The molecular formula is C14H19N3O3. The minimum atomic E-state index is -0.413. The van der Waals surface area contributed by atoms with Crippen LogP contribution in [0.15, 0.2) is 24.3 Å². The van der Waals surface area contributed by atoms with Crippen molar-refractivity contribution in [3.8, 4) is 0 Å². The lowest BCUT2D eigenvalue weighted by Gasteiger charge is -2.34. The summed E-state index contributed by atoms with van der Waals surface area (Å²) in [4.78, 5) is 24.3. The van der Waals surface area contributed by atoms with Crippen molar-refractivity contribution in [2.45, 2.75) is 25.8 Å². The van der Waals surface area contributed by atoms with Crippen LogP contribution in [-0.4, -0.2) is 41.4 Å². The van der Waals surface area contributed by atoms with Gasteiger partial charge in [0.25, 0.3) is 5.69 Å². The van der Waals surface area contributed by atoms with Gasteiger partial charge in [-0.15, -0.1) is 0 Å². The van der Waals surface area contributed by atoms with E-state index in [1.165, 1.54) is 12.1 Å². The molecule has 0 saturated carbocycles. The lowest BCUT2D eigenvalue weighted by molar-refractivity contribution is -0.384. The lowest BCUT2D eigenvalue weighted by atomic mass is 10.1. The molecule has 1 aliphatic heterocycles. The number of benzene rings is 1. The summed E-state index contributed by atoms with van der Waals surface area (Å²) in [6.45, 7) is 4.40. The molecule has 20 heavy (non-hydrogen) atoms. The zero-order valence-electron chi connectivity index (χ0n) is 11.5. The first-order valence-corrected chi connectivity index (χ1v) is 6.81. The number of nitro benzene ring substituents is 1. The van der Waals surface area contributed by atoms with E-state index in [1.54, 1.807) is 6.07 Å². The van der Waals surface area contributed by atoms with Crippen LogP contribution in [-0.2, 0) is 11.2 Å². The van der Waals surface area contributed by atoms with Crippen LogP contribution in [0.4, 0.5) is 5.69 Å². The fraction of sp³-hybridized carbons (Fsp3) is 0.500. The SMILES string of the molecule is CC1CNCCN1C(=O)CCc1cccc([N+](=O)[O-])c1. The molecule has 6 heteroatoms. The van der Waals surface area contributed by atoms with E-state index in [9.17, 15) is 14.9 Å². The standard InChI is InChI=1S/C14H19N3O3/c1-11-10-15-7-8-16(11)14(18)6-5-12-3-2-4-13(9-12)17(19)20/h2-4,9,11,15H,5-8,10H2,1H3. The molecule has 0 aliphatic carbocycles. The molecule has 0 aromatic heterocycles. The second-order valence-electron chi connectivity index (χ2n) is 5.07. The van der Waals surface area contributed by atoms with Gasteiger partial charge in [0, 0.05) is 44.2 Å². The Morgan fingerprint density at radius 1 is 1.55 bits per heavy atom. The Hall–Kier alpha value is -1.95. The number of piperazine rings is 1. The third-order valence-corrected chi connectivity index (χ3v) is 3.57. The molecule has 1 amide bonds. The summed E-state index contributed by atoms with van der Waals surface area (Å²) in [5.74, 6) is 0.116. The summed E-state index contributed by atoms with van der Waals surface area (Å²) >= 11 is 0. The molecule has 108 valence electrons. The highest BCUT2D eigenvalue weighted by Crippen LogP contribution is 2.15. The first-order chi connectivity index (χ1) is 9.58. The first kappa shape index (κ1) is 14.5. The highest BCUT2D eigenvalue weighted by molar-refractivity contribution is 5.77. The average Bonchev–Trinajstić information content (AvgIpc) is 2.45. The maximum Gasteiger partial charge on any atom is 0.269 e. The molecule has 0 bridgehead atoms. The van der Waals surface area contributed by atoms with E-state index in [4.69, 9.17) is 0 Å². The molecule has 1 aliphatic rings. The maximum atomic E-state index is 12.2. The highest BCUT2D eigenvalue weighted by Gasteiger charge is 2.22. The van der Waals surface area contributed by atoms with E-state index < -0.39 is 4.92 Å². The molecule has 1 aromatic rings. The van der Waals surface area contributed by atoms with Crippen LogP contribution in [0.2, 0.25) is 0 Å². The van der Waals surface area contributed by atoms with Crippen molar-refractivity contribution in [1.82, 2.24) is 10.2 Å². The second-order valence-corrected chi connectivity index (χ2v) is 5.07. The number of carbonyl (C=O) groups is 1. The van der Waals surface area contributed by atoms with Gasteiger partial charge in [-0.05, 0) is 18.9 Å². The monoisotopic (exact) mass is 277 g/mol. The Labute approximate surface area is 117 Å². The zero-order chi connectivity index (χ0) is 14.5. The molecule has 1 aromatic carbocycles. The molecule has 1 atom stereocenters. The lowest BCUT2D eigenvalue weighted by Crippen LogP contribution is -2.52. The summed E-state index contributed by atoms with van der Waals surface area (Å²) in [6.07, 6.45) is 0.933. The third kappa shape index (κ3) is 3.54. The van der Waals surface area contributed by atoms with Gasteiger partial charge in [-0.3, -0.25) is 14.9 Å². The van der Waals surface area contributed by atoms with Gasteiger partial charge in [-0.25, -0.2) is 0 Å². The fourth-order valence-electron chi connectivity index (χ4n) is 2.43. The predicted octanol–water partition coefficient (Wildman–Crippen LogP) is 1.35. The van der Waals surface area contributed by atoms with Gasteiger partial charge in [-0.1, -0.05) is 12.1 Å². The summed E-state index contributed by atoms with van der Waals surface area (Å²) in [7, 11) is 0. The van der Waals surface area contributed by atoms with Crippen LogP contribution in [0.1, 0.15) is 18.9 Å². The van der Waals surface area contributed by atoms with E-state index in [2.05, 4.69) is 5.32 Å². The van der Waals surface area contributed by atoms with Crippen molar-refractivity contribution in [3.05, 3.63) is 39.9 Å². The van der Waals surface area contributed by atoms with E-state index in [0.29, 0.717) is 12.8 Å². The van der Waals surface area contributed by atoms with Gasteiger partial charge >= 0.3 is 0 Å². The second kappa shape index (κ2) is 6.47. The number of nitrogens with one attached hydrogen (secondary N) is 1. The molecule has 2 rings (SSSR count). The van der Waals surface area contributed by atoms with Crippen molar-refractivity contribution >= 4 is 11.6 Å².